The number of benzene rings is 1. The van der Waals surface area contributed by atoms with Gasteiger partial charge in [0.15, 0.2) is 0 Å². The Labute approximate surface area is 97.8 Å². The highest BCUT2D eigenvalue weighted by Crippen LogP contribution is 2.25. The van der Waals surface area contributed by atoms with Gasteiger partial charge in [-0.1, -0.05) is 0 Å². The van der Waals surface area contributed by atoms with E-state index >= 15 is 0 Å². The Balaban J connectivity index is 2.65. The SMILES string of the molecule is CCOC(=O)c1c(N)[nH]c2ccc(C#N)cc12. The van der Waals surface area contributed by atoms with Gasteiger partial charge in [0.25, 0.3) is 0 Å². The molecule has 0 aliphatic carbocycles. The molecule has 0 aliphatic heterocycles. The molecule has 5 heteroatoms. The van der Waals surface area contributed by atoms with Gasteiger partial charge in [0.2, 0.25) is 0 Å². The topological polar surface area (TPSA) is 91.9 Å². The van der Waals surface area contributed by atoms with Crippen molar-refractivity contribution in [3.05, 3.63) is 29.3 Å². The number of fused-ring (bicyclic) bond motifs is 1. The van der Waals surface area contributed by atoms with Crippen LogP contribution in [0.5, 0.6) is 0 Å². The number of carbonyl (C=O) groups excluding carboxylic acids is 1. The van der Waals surface area contributed by atoms with E-state index in [1.54, 1.807) is 25.1 Å². The quantitative estimate of drug-likeness (QED) is 0.768. The number of nitrogens with two attached hydrogens (primary N) is 1. The highest BCUT2D eigenvalue weighted by Gasteiger charge is 2.18. The first-order valence-corrected chi connectivity index (χ1v) is 5.15. The Kier molecular flexibility index (Phi) is 2.71. The molecule has 0 fully saturated rings. The molecule has 2 rings (SSSR count). The summed E-state index contributed by atoms with van der Waals surface area (Å²) in [7, 11) is 0. The third-order valence-corrected chi connectivity index (χ3v) is 2.44. The van der Waals surface area contributed by atoms with Crippen molar-refractivity contribution in [2.45, 2.75) is 6.92 Å². The van der Waals surface area contributed by atoms with E-state index in [0.29, 0.717) is 22.0 Å². The Morgan fingerprint density at radius 1 is 1.59 bits per heavy atom. The number of esters is 1. The maximum atomic E-state index is 11.7. The standard InChI is InChI=1S/C12H11N3O2/c1-2-17-12(16)10-8-5-7(6-13)3-4-9(8)15-11(10)14/h3-5,15H,2,14H2,1H3. The number of nitrogens with one attached hydrogen (secondary N) is 1. The summed E-state index contributed by atoms with van der Waals surface area (Å²) >= 11 is 0. The molecule has 0 bridgehead atoms. The fourth-order valence-corrected chi connectivity index (χ4v) is 1.71. The molecule has 1 aromatic carbocycles. The van der Waals surface area contributed by atoms with Gasteiger partial charge in [-0.2, -0.15) is 5.26 Å². The number of aromatic amines is 1. The molecule has 0 saturated heterocycles. The van der Waals surface area contributed by atoms with Gasteiger partial charge in [-0.15, -0.1) is 0 Å². The van der Waals surface area contributed by atoms with E-state index in [4.69, 9.17) is 15.7 Å². The number of aromatic nitrogens is 1. The number of nitrogen functional groups attached to an aromatic ring is 1. The van der Waals surface area contributed by atoms with Crippen LogP contribution in [-0.2, 0) is 4.74 Å². The molecule has 5 nitrogen and oxygen atoms in total. The Bertz CT molecular complexity index is 622. The molecule has 0 saturated carbocycles. The molecular weight excluding hydrogens is 218 g/mol. The lowest BCUT2D eigenvalue weighted by molar-refractivity contribution is 0.0530. The van der Waals surface area contributed by atoms with Crippen LogP contribution in [0.1, 0.15) is 22.8 Å². The van der Waals surface area contributed by atoms with Crippen molar-refractivity contribution in [3.63, 3.8) is 0 Å². The predicted octanol–water partition coefficient (Wildman–Crippen LogP) is 1.80. The summed E-state index contributed by atoms with van der Waals surface area (Å²) in [6.45, 7) is 2.01. The van der Waals surface area contributed by atoms with Crippen molar-refractivity contribution in [2.75, 3.05) is 12.3 Å². The predicted molar refractivity (Wildman–Crippen MR) is 63.4 cm³/mol. The number of nitriles is 1. The summed E-state index contributed by atoms with van der Waals surface area (Å²) in [5, 5.41) is 9.44. The van der Waals surface area contributed by atoms with E-state index in [9.17, 15) is 4.79 Å². The van der Waals surface area contributed by atoms with Gasteiger partial charge < -0.3 is 15.5 Å². The second kappa shape index (κ2) is 4.18. The number of hydrogen-bond acceptors (Lipinski definition) is 4. The van der Waals surface area contributed by atoms with Crippen LogP contribution in [0.25, 0.3) is 10.9 Å². The zero-order chi connectivity index (χ0) is 12.4. The number of hydrogen-bond donors (Lipinski definition) is 2. The molecule has 0 aliphatic rings. The number of carbonyl (C=O) groups is 1. The minimum absolute atomic E-state index is 0.258. The van der Waals surface area contributed by atoms with E-state index in [2.05, 4.69) is 4.98 Å². The molecule has 2 aromatic rings. The van der Waals surface area contributed by atoms with Crippen LogP contribution in [0.15, 0.2) is 18.2 Å². The van der Waals surface area contributed by atoms with Gasteiger partial charge >= 0.3 is 5.97 Å². The normalized spacial score (nSPS) is 10.1. The fourth-order valence-electron chi connectivity index (χ4n) is 1.71. The largest absolute Gasteiger partial charge is 0.462 e. The monoisotopic (exact) mass is 229 g/mol. The Morgan fingerprint density at radius 3 is 3.00 bits per heavy atom. The van der Waals surface area contributed by atoms with E-state index in [1.807, 2.05) is 6.07 Å². The van der Waals surface area contributed by atoms with Gasteiger partial charge in [0, 0.05) is 10.9 Å². The summed E-state index contributed by atoms with van der Waals surface area (Å²) in [4.78, 5) is 14.6. The molecular formula is C12H11N3O2. The minimum Gasteiger partial charge on any atom is -0.462 e. The second-order valence-corrected chi connectivity index (χ2v) is 3.51. The third kappa shape index (κ3) is 1.81. The molecule has 1 aromatic heterocycles. The van der Waals surface area contributed by atoms with E-state index in [0.717, 1.165) is 0 Å². The lowest BCUT2D eigenvalue weighted by Crippen LogP contribution is -2.06. The van der Waals surface area contributed by atoms with Gasteiger partial charge in [-0.3, -0.25) is 0 Å². The van der Waals surface area contributed by atoms with Gasteiger partial charge in [0.1, 0.15) is 11.4 Å². The van der Waals surface area contributed by atoms with Crippen molar-refractivity contribution in [1.82, 2.24) is 4.98 Å². The Morgan fingerprint density at radius 2 is 2.35 bits per heavy atom. The third-order valence-electron chi connectivity index (χ3n) is 2.44. The molecule has 3 N–H and O–H groups in total. The van der Waals surface area contributed by atoms with E-state index in [1.165, 1.54) is 0 Å². The first-order valence-electron chi connectivity index (χ1n) is 5.15. The molecule has 0 amide bonds. The van der Waals surface area contributed by atoms with Crippen LogP contribution < -0.4 is 5.73 Å². The van der Waals surface area contributed by atoms with Crippen LogP contribution in [0.2, 0.25) is 0 Å². The molecule has 0 radical (unpaired) electrons. The molecule has 0 atom stereocenters. The van der Waals surface area contributed by atoms with Crippen LogP contribution in [0.4, 0.5) is 5.82 Å². The van der Waals surface area contributed by atoms with Crippen molar-refractivity contribution in [3.8, 4) is 6.07 Å². The summed E-state index contributed by atoms with van der Waals surface area (Å²) in [5.74, 6) is -0.222. The van der Waals surface area contributed by atoms with Gasteiger partial charge in [0.05, 0.1) is 18.2 Å². The minimum atomic E-state index is -0.480. The molecule has 86 valence electrons. The smallest absolute Gasteiger partial charge is 0.342 e. The molecule has 17 heavy (non-hydrogen) atoms. The first-order chi connectivity index (χ1) is 8.17. The number of ether oxygens (including phenoxy) is 1. The van der Waals surface area contributed by atoms with Crippen LogP contribution in [0, 0.1) is 11.3 Å². The number of nitrogens with zero attached hydrogens (tertiary/aromatic N) is 1. The summed E-state index contributed by atoms with van der Waals surface area (Å²) in [6.07, 6.45) is 0. The molecule has 0 spiro atoms. The summed E-state index contributed by atoms with van der Waals surface area (Å²) in [5.41, 5.74) is 7.21. The van der Waals surface area contributed by atoms with Crippen LogP contribution in [-0.4, -0.2) is 17.6 Å². The highest BCUT2D eigenvalue weighted by atomic mass is 16.5. The van der Waals surface area contributed by atoms with Gasteiger partial charge in [-0.25, -0.2) is 4.79 Å². The molecule has 0 unspecified atom stereocenters. The second-order valence-electron chi connectivity index (χ2n) is 3.51. The fraction of sp³-hybridized carbons (Fsp3) is 0.167. The maximum Gasteiger partial charge on any atom is 0.342 e. The average Bonchev–Trinajstić information content (AvgIpc) is 2.64. The van der Waals surface area contributed by atoms with Crippen molar-refractivity contribution in [1.29, 1.82) is 5.26 Å². The number of anilines is 1. The van der Waals surface area contributed by atoms with Crippen molar-refractivity contribution < 1.29 is 9.53 Å². The summed E-state index contributed by atoms with van der Waals surface area (Å²) in [6, 6.07) is 7.01. The van der Waals surface area contributed by atoms with Crippen LogP contribution in [0.3, 0.4) is 0 Å². The van der Waals surface area contributed by atoms with Crippen molar-refractivity contribution in [2.24, 2.45) is 0 Å². The number of rotatable bonds is 2. The van der Waals surface area contributed by atoms with Crippen molar-refractivity contribution >= 4 is 22.7 Å². The van der Waals surface area contributed by atoms with Crippen LogP contribution >= 0.6 is 0 Å². The number of H-pyrrole nitrogens is 1. The maximum absolute atomic E-state index is 11.7. The average molecular weight is 229 g/mol. The highest BCUT2D eigenvalue weighted by molar-refractivity contribution is 6.09. The lowest BCUT2D eigenvalue weighted by atomic mass is 10.1. The zero-order valence-electron chi connectivity index (χ0n) is 9.28. The Hall–Kier alpha value is -2.48. The lowest BCUT2D eigenvalue weighted by Gasteiger charge is -2.01. The summed E-state index contributed by atoms with van der Waals surface area (Å²) < 4.78 is 4.93. The first kappa shape index (κ1) is 11.0. The van der Waals surface area contributed by atoms with Gasteiger partial charge in [-0.05, 0) is 25.1 Å². The zero-order valence-corrected chi connectivity index (χ0v) is 9.28. The van der Waals surface area contributed by atoms with E-state index in [-0.39, 0.29) is 12.4 Å². The molecule has 1 heterocycles. The van der Waals surface area contributed by atoms with E-state index < -0.39 is 5.97 Å².